The van der Waals surface area contributed by atoms with Gasteiger partial charge in [0, 0.05) is 18.2 Å². The van der Waals surface area contributed by atoms with Gasteiger partial charge >= 0.3 is 0 Å². The molecule has 1 aromatic heterocycles. The molecular weight excluding hydrogens is 410 g/mol. The Morgan fingerprint density at radius 1 is 1.16 bits per heavy atom. The lowest BCUT2D eigenvalue weighted by atomic mass is 10.0. The number of benzene rings is 2. The molecule has 3 aromatic rings. The second-order valence-electron chi connectivity index (χ2n) is 6.85. The van der Waals surface area contributed by atoms with Crippen LogP contribution in [0.15, 0.2) is 81.1 Å². The van der Waals surface area contributed by atoms with E-state index in [-0.39, 0.29) is 24.3 Å². The van der Waals surface area contributed by atoms with Crippen molar-refractivity contribution < 1.29 is 18.7 Å². The van der Waals surface area contributed by atoms with Crippen molar-refractivity contribution >= 4 is 29.2 Å². The minimum atomic E-state index is -1.20. The summed E-state index contributed by atoms with van der Waals surface area (Å²) in [5.74, 6) is -0.134. The number of amides is 1. The van der Waals surface area contributed by atoms with Gasteiger partial charge in [-0.25, -0.2) is 4.99 Å². The van der Waals surface area contributed by atoms with Crippen molar-refractivity contribution in [3.05, 3.63) is 89.4 Å². The molecule has 0 fully saturated rings. The molecule has 0 saturated heterocycles. The molecule has 4 rings (SSSR count). The Balaban J connectivity index is 1.62. The summed E-state index contributed by atoms with van der Waals surface area (Å²) >= 11 is 0. The SMILES string of the molecule is COCc1ccc(C(=N)OC(N)=NC2N=C(c3ccccc3)c3ccccc3NC2=O)o1. The van der Waals surface area contributed by atoms with E-state index in [0.29, 0.717) is 17.2 Å². The molecule has 32 heavy (non-hydrogen) atoms. The zero-order chi connectivity index (χ0) is 22.5. The number of rotatable bonds is 5. The maximum absolute atomic E-state index is 12.8. The van der Waals surface area contributed by atoms with Crippen molar-refractivity contribution in [2.75, 3.05) is 12.4 Å². The van der Waals surface area contributed by atoms with Crippen LogP contribution in [0.2, 0.25) is 0 Å². The number of fused-ring (bicyclic) bond motifs is 1. The van der Waals surface area contributed by atoms with Crippen molar-refractivity contribution in [1.29, 1.82) is 5.41 Å². The molecule has 1 unspecified atom stereocenters. The van der Waals surface area contributed by atoms with Gasteiger partial charge in [0.1, 0.15) is 12.4 Å². The highest BCUT2D eigenvalue weighted by atomic mass is 16.5. The van der Waals surface area contributed by atoms with E-state index in [1.165, 1.54) is 7.11 Å². The van der Waals surface area contributed by atoms with Gasteiger partial charge in [-0.15, -0.1) is 0 Å². The normalized spacial score (nSPS) is 15.9. The van der Waals surface area contributed by atoms with Gasteiger partial charge in [-0.3, -0.25) is 10.2 Å². The minimum Gasteiger partial charge on any atom is -0.454 e. The molecule has 0 radical (unpaired) electrons. The van der Waals surface area contributed by atoms with Crippen molar-refractivity contribution in [3.8, 4) is 0 Å². The highest BCUT2D eigenvalue weighted by Crippen LogP contribution is 2.24. The Morgan fingerprint density at radius 2 is 1.91 bits per heavy atom. The fraction of sp³-hybridized carbons (Fsp3) is 0.130. The maximum Gasteiger partial charge on any atom is 0.291 e. The van der Waals surface area contributed by atoms with Gasteiger partial charge in [0.25, 0.3) is 17.8 Å². The first-order valence-electron chi connectivity index (χ1n) is 9.76. The molecule has 0 spiro atoms. The number of ether oxygens (including phenoxy) is 2. The molecule has 1 atom stereocenters. The fourth-order valence-corrected chi connectivity index (χ4v) is 3.18. The summed E-state index contributed by atoms with van der Waals surface area (Å²) in [6.07, 6.45) is -1.20. The first kappa shape index (κ1) is 21.0. The van der Waals surface area contributed by atoms with Gasteiger partial charge in [0.05, 0.1) is 11.4 Å². The number of nitrogens with zero attached hydrogens (tertiary/aromatic N) is 2. The minimum absolute atomic E-state index is 0.154. The molecule has 2 aromatic carbocycles. The fourth-order valence-electron chi connectivity index (χ4n) is 3.18. The molecule has 1 amide bonds. The summed E-state index contributed by atoms with van der Waals surface area (Å²) in [5.41, 5.74) is 8.67. The van der Waals surface area contributed by atoms with E-state index in [1.54, 1.807) is 18.2 Å². The van der Waals surface area contributed by atoms with Crippen LogP contribution in [0.3, 0.4) is 0 Å². The van der Waals surface area contributed by atoms with Gasteiger partial charge in [0.15, 0.2) is 5.76 Å². The van der Waals surface area contributed by atoms with E-state index in [2.05, 4.69) is 15.3 Å². The molecule has 2 heterocycles. The molecule has 0 saturated carbocycles. The van der Waals surface area contributed by atoms with Crippen LogP contribution >= 0.6 is 0 Å². The Labute approximate surface area is 184 Å². The predicted octanol–water partition coefficient (Wildman–Crippen LogP) is 2.90. The van der Waals surface area contributed by atoms with Crippen LogP contribution in [0.25, 0.3) is 0 Å². The monoisotopic (exact) mass is 431 g/mol. The lowest BCUT2D eigenvalue weighted by molar-refractivity contribution is -0.117. The first-order chi connectivity index (χ1) is 15.5. The third-order valence-corrected chi connectivity index (χ3v) is 4.60. The van der Waals surface area contributed by atoms with E-state index >= 15 is 0 Å². The number of nitrogens with two attached hydrogens (primary N) is 1. The van der Waals surface area contributed by atoms with Crippen LogP contribution in [0.1, 0.15) is 22.6 Å². The molecule has 0 bridgehead atoms. The van der Waals surface area contributed by atoms with E-state index in [0.717, 1.165) is 11.1 Å². The average molecular weight is 431 g/mol. The summed E-state index contributed by atoms with van der Waals surface area (Å²) in [4.78, 5) is 21.5. The highest BCUT2D eigenvalue weighted by Gasteiger charge is 2.26. The number of nitrogens with one attached hydrogen (secondary N) is 2. The van der Waals surface area contributed by atoms with Crippen molar-refractivity contribution in [2.45, 2.75) is 12.8 Å². The molecule has 4 N–H and O–H groups in total. The van der Waals surface area contributed by atoms with Gasteiger partial charge in [-0.2, -0.15) is 4.99 Å². The molecule has 1 aliphatic rings. The number of para-hydroxylation sites is 1. The molecule has 1 aliphatic heterocycles. The largest absolute Gasteiger partial charge is 0.454 e. The van der Waals surface area contributed by atoms with E-state index in [1.807, 2.05) is 48.5 Å². The Bertz CT molecular complexity index is 1200. The standard InChI is InChI=1S/C23H21N5O4/c1-30-13-15-11-12-18(31-15)20(24)32-23(25)28-21-22(29)26-17-10-6-5-9-16(17)19(27-21)14-7-3-2-4-8-14/h2-12,21,24H,13H2,1H3,(H2,25,28)(H,26,29). The number of carbonyl (C=O) groups excluding carboxylic acids is 1. The quantitative estimate of drug-likeness (QED) is 0.422. The van der Waals surface area contributed by atoms with Crippen LogP contribution in [-0.4, -0.2) is 36.8 Å². The zero-order valence-corrected chi connectivity index (χ0v) is 17.2. The first-order valence-corrected chi connectivity index (χ1v) is 9.76. The van der Waals surface area contributed by atoms with Gasteiger partial charge in [-0.05, 0) is 18.2 Å². The molecule has 9 nitrogen and oxygen atoms in total. The van der Waals surface area contributed by atoms with Crippen LogP contribution in [0.5, 0.6) is 0 Å². The second-order valence-corrected chi connectivity index (χ2v) is 6.85. The number of methoxy groups -OCH3 is 1. The number of aliphatic imine (C=N–C) groups is 2. The predicted molar refractivity (Wildman–Crippen MR) is 120 cm³/mol. The smallest absolute Gasteiger partial charge is 0.291 e. The molecule has 162 valence electrons. The molecular formula is C23H21N5O4. The topological polar surface area (TPSA) is 135 Å². The average Bonchev–Trinajstić information content (AvgIpc) is 3.21. The van der Waals surface area contributed by atoms with E-state index in [4.69, 9.17) is 25.0 Å². The number of benzodiazepines with no additional fused rings is 1. The summed E-state index contributed by atoms with van der Waals surface area (Å²) < 4.78 is 15.7. The molecule has 9 heteroatoms. The number of anilines is 1. The van der Waals surface area contributed by atoms with E-state index in [9.17, 15) is 4.79 Å². The number of hydrogen-bond donors (Lipinski definition) is 3. The Morgan fingerprint density at radius 3 is 2.69 bits per heavy atom. The highest BCUT2D eigenvalue weighted by molar-refractivity contribution is 6.19. The van der Waals surface area contributed by atoms with Gasteiger partial charge < -0.3 is 24.9 Å². The van der Waals surface area contributed by atoms with E-state index < -0.39 is 12.1 Å². The third kappa shape index (κ3) is 4.57. The van der Waals surface area contributed by atoms with Gasteiger partial charge in [0.2, 0.25) is 6.17 Å². The van der Waals surface area contributed by atoms with Crippen LogP contribution in [0, 0.1) is 5.41 Å². The van der Waals surface area contributed by atoms with Gasteiger partial charge in [-0.1, -0.05) is 48.5 Å². The lowest BCUT2D eigenvalue weighted by Crippen LogP contribution is -2.29. The van der Waals surface area contributed by atoms with Crippen LogP contribution in [-0.2, 0) is 20.9 Å². The Hall–Kier alpha value is -4.24. The van der Waals surface area contributed by atoms with Crippen molar-refractivity contribution in [3.63, 3.8) is 0 Å². The third-order valence-electron chi connectivity index (χ3n) is 4.60. The number of hydrogen-bond acceptors (Lipinski definition) is 7. The summed E-state index contributed by atoms with van der Waals surface area (Å²) in [6.45, 7) is 0.261. The summed E-state index contributed by atoms with van der Waals surface area (Å²) in [5, 5.41) is 10.9. The molecule has 0 aliphatic carbocycles. The number of carbonyl (C=O) groups is 1. The second kappa shape index (κ2) is 9.27. The van der Waals surface area contributed by atoms with Crippen molar-refractivity contribution in [2.24, 2.45) is 15.7 Å². The van der Waals surface area contributed by atoms with Crippen LogP contribution in [0.4, 0.5) is 5.69 Å². The summed E-state index contributed by atoms with van der Waals surface area (Å²) in [6, 6.07) is 19.7. The number of furan rings is 1. The Kier molecular flexibility index (Phi) is 6.09. The lowest BCUT2D eigenvalue weighted by Gasteiger charge is -2.09. The maximum atomic E-state index is 12.8. The van der Waals surface area contributed by atoms with Crippen molar-refractivity contribution in [1.82, 2.24) is 0 Å². The summed E-state index contributed by atoms with van der Waals surface area (Å²) in [7, 11) is 1.54. The van der Waals surface area contributed by atoms with Crippen LogP contribution < -0.4 is 11.1 Å². The zero-order valence-electron chi connectivity index (χ0n) is 17.2. The number of amidine groups is 1.